The van der Waals surface area contributed by atoms with E-state index < -0.39 is 10.0 Å². The van der Waals surface area contributed by atoms with Crippen LogP contribution in [0.25, 0.3) is 0 Å². The summed E-state index contributed by atoms with van der Waals surface area (Å²) in [5.74, 6) is 0.280. The molecule has 0 aliphatic heterocycles. The number of sulfonamides is 1. The summed E-state index contributed by atoms with van der Waals surface area (Å²) >= 11 is 0. The third-order valence-electron chi connectivity index (χ3n) is 3.58. The topological polar surface area (TPSA) is 75.3 Å². The highest BCUT2D eigenvalue weighted by Gasteiger charge is 2.14. The van der Waals surface area contributed by atoms with E-state index in [4.69, 9.17) is 0 Å². The first-order chi connectivity index (χ1) is 10.7. The smallest absolute Gasteiger partial charge is 0.240 e. The van der Waals surface area contributed by atoms with Crippen molar-refractivity contribution in [2.75, 3.05) is 6.54 Å². The molecule has 1 atom stereocenters. The molecule has 0 aromatic heterocycles. The Labute approximate surface area is 139 Å². The molecule has 23 heavy (non-hydrogen) atoms. The van der Waals surface area contributed by atoms with Crippen LogP contribution in [0.1, 0.15) is 46.1 Å². The number of carbonyl (C=O) groups is 1. The van der Waals surface area contributed by atoms with E-state index in [2.05, 4.69) is 10.0 Å². The maximum Gasteiger partial charge on any atom is 0.240 e. The molecule has 0 fully saturated rings. The van der Waals surface area contributed by atoms with E-state index in [-0.39, 0.29) is 22.8 Å². The van der Waals surface area contributed by atoms with Crippen molar-refractivity contribution in [1.29, 1.82) is 0 Å². The largest absolute Gasteiger partial charge is 0.354 e. The Morgan fingerprint density at radius 1 is 1.13 bits per heavy atom. The third-order valence-corrected chi connectivity index (χ3v) is 5.02. The van der Waals surface area contributed by atoms with E-state index >= 15 is 0 Å². The van der Waals surface area contributed by atoms with Crippen LogP contribution in [-0.2, 0) is 21.2 Å². The van der Waals surface area contributed by atoms with Crippen LogP contribution in [-0.4, -0.2) is 26.9 Å². The maximum absolute atomic E-state index is 12.1. The summed E-state index contributed by atoms with van der Waals surface area (Å²) in [6.07, 6.45) is 1.91. The van der Waals surface area contributed by atoms with Crippen LogP contribution in [0.4, 0.5) is 0 Å². The number of nitrogens with one attached hydrogen (secondary N) is 2. The molecule has 0 radical (unpaired) electrons. The van der Waals surface area contributed by atoms with E-state index in [9.17, 15) is 13.2 Å². The van der Waals surface area contributed by atoms with Gasteiger partial charge >= 0.3 is 0 Å². The number of amides is 1. The predicted octanol–water partition coefficient (Wildman–Crippen LogP) is 2.47. The van der Waals surface area contributed by atoms with E-state index in [1.165, 1.54) is 0 Å². The molecule has 0 aliphatic rings. The maximum atomic E-state index is 12.1. The van der Waals surface area contributed by atoms with E-state index in [1.807, 2.05) is 27.7 Å². The first-order valence-corrected chi connectivity index (χ1v) is 9.61. The van der Waals surface area contributed by atoms with Gasteiger partial charge in [0.05, 0.1) is 4.90 Å². The quantitative estimate of drug-likeness (QED) is 0.725. The molecular weight excluding hydrogens is 312 g/mol. The van der Waals surface area contributed by atoms with Crippen molar-refractivity contribution in [3.05, 3.63) is 29.8 Å². The molecule has 1 aromatic rings. The summed E-state index contributed by atoms with van der Waals surface area (Å²) < 4.78 is 26.8. The second kappa shape index (κ2) is 9.03. The zero-order valence-corrected chi connectivity index (χ0v) is 15.2. The molecule has 2 N–H and O–H groups in total. The fourth-order valence-corrected chi connectivity index (χ4v) is 3.12. The van der Waals surface area contributed by atoms with Crippen LogP contribution >= 0.6 is 0 Å². The predicted molar refractivity (Wildman–Crippen MR) is 92.7 cm³/mol. The molecule has 130 valence electrons. The fraction of sp³-hybridized carbons (Fsp3) is 0.588. The lowest BCUT2D eigenvalue weighted by atomic mass is 10.1. The van der Waals surface area contributed by atoms with Crippen molar-refractivity contribution in [2.45, 2.75) is 57.9 Å². The van der Waals surface area contributed by atoms with Crippen LogP contribution in [0, 0.1) is 5.92 Å². The minimum absolute atomic E-state index is 0.0228. The Kier molecular flexibility index (Phi) is 7.72. The molecule has 0 aliphatic carbocycles. The van der Waals surface area contributed by atoms with Crippen LogP contribution in [0.5, 0.6) is 0 Å². The highest BCUT2D eigenvalue weighted by molar-refractivity contribution is 7.89. The SMILES string of the molecule is CC[C@H](C)NC(=O)CCc1ccc(S(=O)(=O)NCC(C)C)cc1. The summed E-state index contributed by atoms with van der Waals surface area (Å²) in [5.41, 5.74) is 0.951. The van der Waals surface area contributed by atoms with Crippen molar-refractivity contribution in [3.63, 3.8) is 0 Å². The summed E-state index contributed by atoms with van der Waals surface area (Å²) in [6, 6.07) is 6.89. The Bertz CT molecular complexity index is 595. The summed E-state index contributed by atoms with van der Waals surface area (Å²) in [4.78, 5) is 12.0. The van der Waals surface area contributed by atoms with Crippen LogP contribution in [0.15, 0.2) is 29.2 Å². The van der Waals surface area contributed by atoms with Gasteiger partial charge in [-0.25, -0.2) is 13.1 Å². The van der Waals surface area contributed by atoms with Crippen molar-refractivity contribution in [3.8, 4) is 0 Å². The second-order valence-electron chi connectivity index (χ2n) is 6.27. The van der Waals surface area contributed by atoms with Gasteiger partial charge in [0.1, 0.15) is 0 Å². The summed E-state index contributed by atoms with van der Waals surface area (Å²) in [5, 5.41) is 2.92. The molecule has 1 amide bonds. The molecule has 0 saturated carbocycles. The zero-order valence-electron chi connectivity index (χ0n) is 14.4. The first kappa shape index (κ1) is 19.6. The summed E-state index contributed by atoms with van der Waals surface area (Å²) in [7, 11) is -3.45. The Morgan fingerprint density at radius 3 is 2.26 bits per heavy atom. The van der Waals surface area contributed by atoms with Gasteiger partial charge in [-0.15, -0.1) is 0 Å². The standard InChI is InChI=1S/C17H28N2O3S/c1-5-14(4)19-17(20)11-8-15-6-9-16(10-7-15)23(21,22)18-12-13(2)3/h6-7,9-10,13-14,18H,5,8,11-12H2,1-4H3,(H,19,20)/t14-/m0/s1. The average molecular weight is 340 g/mol. The highest BCUT2D eigenvalue weighted by Crippen LogP contribution is 2.12. The second-order valence-corrected chi connectivity index (χ2v) is 8.03. The molecule has 0 heterocycles. The highest BCUT2D eigenvalue weighted by atomic mass is 32.2. The van der Waals surface area contributed by atoms with E-state index in [1.54, 1.807) is 24.3 Å². The normalized spacial score (nSPS) is 13.1. The number of benzene rings is 1. The number of rotatable bonds is 9. The molecule has 1 rings (SSSR count). The zero-order chi connectivity index (χ0) is 17.5. The molecule has 0 unspecified atom stereocenters. The Morgan fingerprint density at radius 2 is 1.74 bits per heavy atom. The molecule has 0 bridgehead atoms. The van der Waals surface area contributed by atoms with Gasteiger partial charge in [0.25, 0.3) is 0 Å². The Hall–Kier alpha value is -1.40. The first-order valence-electron chi connectivity index (χ1n) is 8.12. The van der Waals surface area contributed by atoms with Gasteiger partial charge in [0.2, 0.25) is 15.9 Å². The van der Waals surface area contributed by atoms with Crippen molar-refractivity contribution >= 4 is 15.9 Å². The monoisotopic (exact) mass is 340 g/mol. The van der Waals surface area contributed by atoms with Gasteiger partial charge in [-0.2, -0.15) is 0 Å². The van der Waals surface area contributed by atoms with Gasteiger partial charge in [-0.05, 0) is 43.4 Å². The fourth-order valence-electron chi connectivity index (χ4n) is 1.90. The minimum atomic E-state index is -3.45. The van der Waals surface area contributed by atoms with Crippen molar-refractivity contribution in [1.82, 2.24) is 10.0 Å². The van der Waals surface area contributed by atoms with Gasteiger partial charge in [-0.1, -0.05) is 32.9 Å². The van der Waals surface area contributed by atoms with Gasteiger partial charge in [0.15, 0.2) is 0 Å². The van der Waals surface area contributed by atoms with Crippen molar-refractivity contribution < 1.29 is 13.2 Å². The third kappa shape index (κ3) is 7.14. The van der Waals surface area contributed by atoms with E-state index in [0.717, 1.165) is 12.0 Å². The molecule has 5 nitrogen and oxygen atoms in total. The molecule has 1 aromatic carbocycles. The number of carbonyl (C=O) groups excluding carboxylic acids is 1. The molecule has 0 spiro atoms. The van der Waals surface area contributed by atoms with Gasteiger partial charge < -0.3 is 5.32 Å². The number of aryl methyl sites for hydroxylation is 1. The van der Waals surface area contributed by atoms with E-state index in [0.29, 0.717) is 19.4 Å². The number of hydrogen-bond acceptors (Lipinski definition) is 3. The lowest BCUT2D eigenvalue weighted by Gasteiger charge is -2.11. The number of hydrogen-bond donors (Lipinski definition) is 2. The van der Waals surface area contributed by atoms with Crippen LogP contribution in [0.3, 0.4) is 0 Å². The van der Waals surface area contributed by atoms with Gasteiger partial charge in [-0.3, -0.25) is 4.79 Å². The molecular formula is C17H28N2O3S. The average Bonchev–Trinajstić information content (AvgIpc) is 2.51. The van der Waals surface area contributed by atoms with Crippen molar-refractivity contribution in [2.24, 2.45) is 5.92 Å². The van der Waals surface area contributed by atoms with Crippen LogP contribution < -0.4 is 10.0 Å². The lowest BCUT2D eigenvalue weighted by Crippen LogP contribution is -2.32. The molecule has 0 saturated heterocycles. The molecule has 6 heteroatoms. The van der Waals surface area contributed by atoms with Gasteiger partial charge in [0, 0.05) is 19.0 Å². The lowest BCUT2D eigenvalue weighted by molar-refractivity contribution is -0.121. The minimum Gasteiger partial charge on any atom is -0.354 e. The van der Waals surface area contributed by atoms with Crippen LogP contribution in [0.2, 0.25) is 0 Å². The Balaban J connectivity index is 2.58. The summed E-state index contributed by atoms with van der Waals surface area (Å²) in [6.45, 7) is 8.32.